The van der Waals surface area contributed by atoms with Crippen molar-refractivity contribution >= 4 is 35.0 Å². The first-order valence-corrected chi connectivity index (χ1v) is 12.4. The van der Waals surface area contributed by atoms with E-state index in [1.807, 2.05) is 29.1 Å². The molecule has 2 atom stereocenters. The summed E-state index contributed by atoms with van der Waals surface area (Å²) in [4.78, 5) is 4.68. The number of rotatable bonds is 3. The van der Waals surface area contributed by atoms with Gasteiger partial charge in [0.15, 0.2) is 0 Å². The molecule has 2 aliphatic rings. The molecule has 1 N–H and O–H groups in total. The summed E-state index contributed by atoms with van der Waals surface area (Å²) in [6, 6.07) is 20.1. The average molecular weight is 491 g/mol. The van der Waals surface area contributed by atoms with Crippen LogP contribution in [0.25, 0.3) is 5.70 Å². The predicted octanol–water partition coefficient (Wildman–Crippen LogP) is 6.66. The number of halogens is 2. The standard InChI is InChI=1S/C26H20ClFN4OS/c1-14-3-5-16(6-4-14)24-21-22(19-13-17(27)9-12-20(19)33-24)29-25-30-26(34-2)31-32(25)23(21)15-7-10-18(28)11-8-15/h3-13,23-24H,1-2H3,(H,29,30,31)/t23-,24+/m0/s1. The Bertz CT molecular complexity index is 1430. The van der Waals surface area contributed by atoms with Crippen molar-refractivity contribution in [3.05, 3.63) is 105 Å². The zero-order valence-corrected chi connectivity index (χ0v) is 20.0. The van der Waals surface area contributed by atoms with Gasteiger partial charge in [-0.3, -0.25) is 0 Å². The number of anilines is 1. The van der Waals surface area contributed by atoms with E-state index in [4.69, 9.17) is 21.4 Å². The van der Waals surface area contributed by atoms with Crippen molar-refractivity contribution in [3.63, 3.8) is 0 Å². The van der Waals surface area contributed by atoms with Crippen LogP contribution in [0.5, 0.6) is 5.75 Å². The molecule has 3 heterocycles. The minimum absolute atomic E-state index is 0.289. The second kappa shape index (κ2) is 8.18. The van der Waals surface area contributed by atoms with E-state index in [0.717, 1.165) is 33.7 Å². The van der Waals surface area contributed by atoms with E-state index in [2.05, 4.69) is 41.5 Å². The van der Waals surface area contributed by atoms with Crippen molar-refractivity contribution in [2.24, 2.45) is 0 Å². The zero-order valence-electron chi connectivity index (χ0n) is 18.4. The largest absolute Gasteiger partial charge is 0.480 e. The molecule has 0 saturated carbocycles. The number of aryl methyl sites for hydroxylation is 1. The molecular weight excluding hydrogens is 471 g/mol. The van der Waals surface area contributed by atoms with Crippen LogP contribution in [0.15, 0.2) is 77.5 Å². The topological polar surface area (TPSA) is 52.0 Å². The maximum absolute atomic E-state index is 13.9. The zero-order chi connectivity index (χ0) is 23.4. The van der Waals surface area contributed by atoms with Gasteiger partial charge in [-0.2, -0.15) is 4.98 Å². The third-order valence-corrected chi connectivity index (χ3v) is 6.94. The summed E-state index contributed by atoms with van der Waals surface area (Å²) >= 11 is 7.86. The quantitative estimate of drug-likeness (QED) is 0.325. The number of benzene rings is 3. The highest BCUT2D eigenvalue weighted by Crippen LogP contribution is 2.51. The van der Waals surface area contributed by atoms with Crippen molar-refractivity contribution < 1.29 is 9.13 Å². The van der Waals surface area contributed by atoms with Crippen LogP contribution in [0.1, 0.15) is 34.4 Å². The fraction of sp³-hybridized carbons (Fsp3) is 0.154. The Morgan fingerprint density at radius 3 is 2.50 bits per heavy atom. The first-order chi connectivity index (χ1) is 16.5. The molecule has 0 radical (unpaired) electrons. The van der Waals surface area contributed by atoms with Crippen LogP contribution in [0.2, 0.25) is 5.02 Å². The number of thioether (sulfide) groups is 1. The highest BCUT2D eigenvalue weighted by Gasteiger charge is 2.41. The van der Waals surface area contributed by atoms with E-state index in [-0.39, 0.29) is 18.0 Å². The first kappa shape index (κ1) is 21.3. The number of fused-ring (bicyclic) bond motifs is 3. The molecule has 0 saturated heterocycles. The summed E-state index contributed by atoms with van der Waals surface area (Å²) in [6.07, 6.45) is 1.55. The van der Waals surface area contributed by atoms with E-state index in [9.17, 15) is 4.39 Å². The summed E-state index contributed by atoms with van der Waals surface area (Å²) in [6.45, 7) is 2.06. The fourth-order valence-electron chi connectivity index (χ4n) is 4.55. The van der Waals surface area contributed by atoms with E-state index in [1.165, 1.54) is 29.5 Å². The normalized spacial score (nSPS) is 18.5. The van der Waals surface area contributed by atoms with E-state index in [0.29, 0.717) is 16.1 Å². The lowest BCUT2D eigenvalue weighted by molar-refractivity contribution is 0.223. The van der Waals surface area contributed by atoms with Gasteiger partial charge in [-0.15, -0.1) is 5.10 Å². The van der Waals surface area contributed by atoms with Gasteiger partial charge in [0.25, 0.3) is 0 Å². The number of nitrogens with zero attached hydrogens (tertiary/aromatic N) is 3. The number of hydrogen-bond donors (Lipinski definition) is 1. The van der Waals surface area contributed by atoms with Crippen LogP contribution in [0.4, 0.5) is 10.3 Å². The average Bonchev–Trinajstić information content (AvgIpc) is 3.27. The number of aromatic nitrogens is 3. The van der Waals surface area contributed by atoms with Crippen molar-refractivity contribution in [1.82, 2.24) is 14.8 Å². The smallest absolute Gasteiger partial charge is 0.227 e. The summed E-state index contributed by atoms with van der Waals surface area (Å²) in [5.74, 6) is 1.06. The van der Waals surface area contributed by atoms with Gasteiger partial charge in [0.05, 0.1) is 5.70 Å². The Kier molecular flexibility index (Phi) is 5.12. The molecule has 0 bridgehead atoms. The highest BCUT2D eigenvalue weighted by atomic mass is 35.5. The lowest BCUT2D eigenvalue weighted by atomic mass is 9.84. The maximum Gasteiger partial charge on any atom is 0.227 e. The monoisotopic (exact) mass is 490 g/mol. The molecule has 0 fully saturated rings. The van der Waals surface area contributed by atoms with Crippen molar-refractivity contribution in [3.8, 4) is 5.75 Å². The third kappa shape index (κ3) is 3.47. The summed E-state index contributed by atoms with van der Waals surface area (Å²) in [7, 11) is 0. The summed E-state index contributed by atoms with van der Waals surface area (Å²) in [5, 5.41) is 9.51. The van der Waals surface area contributed by atoms with Gasteiger partial charge < -0.3 is 10.1 Å². The van der Waals surface area contributed by atoms with Crippen LogP contribution in [-0.2, 0) is 0 Å². The molecule has 2 aliphatic heterocycles. The van der Waals surface area contributed by atoms with Gasteiger partial charge in [-0.25, -0.2) is 9.07 Å². The third-order valence-electron chi connectivity index (χ3n) is 6.16. The van der Waals surface area contributed by atoms with E-state index < -0.39 is 0 Å². The van der Waals surface area contributed by atoms with Gasteiger partial charge in [0.2, 0.25) is 11.1 Å². The summed E-state index contributed by atoms with van der Waals surface area (Å²) < 4.78 is 22.3. The Morgan fingerprint density at radius 2 is 1.76 bits per heavy atom. The summed E-state index contributed by atoms with van der Waals surface area (Å²) in [5.41, 5.74) is 5.78. The van der Waals surface area contributed by atoms with Crippen molar-refractivity contribution in [1.29, 1.82) is 0 Å². The van der Waals surface area contributed by atoms with Crippen molar-refractivity contribution in [2.75, 3.05) is 11.6 Å². The van der Waals surface area contributed by atoms with Gasteiger partial charge >= 0.3 is 0 Å². The molecule has 5 nitrogen and oxygen atoms in total. The molecular formula is C26H20ClFN4OS. The van der Waals surface area contributed by atoms with Crippen LogP contribution in [0.3, 0.4) is 0 Å². The Morgan fingerprint density at radius 1 is 1.03 bits per heavy atom. The van der Waals surface area contributed by atoms with Crippen LogP contribution >= 0.6 is 23.4 Å². The first-order valence-electron chi connectivity index (χ1n) is 10.8. The number of ether oxygens (including phenoxy) is 1. The Labute approximate surface area is 205 Å². The maximum atomic E-state index is 13.9. The molecule has 0 aliphatic carbocycles. The number of nitrogens with one attached hydrogen (secondary N) is 1. The van der Waals surface area contributed by atoms with Gasteiger partial charge in [-0.05, 0) is 54.6 Å². The molecule has 34 heavy (non-hydrogen) atoms. The molecule has 170 valence electrons. The minimum atomic E-state index is -0.387. The molecule has 4 aromatic rings. The molecule has 3 aromatic carbocycles. The van der Waals surface area contributed by atoms with Gasteiger partial charge in [0.1, 0.15) is 23.7 Å². The van der Waals surface area contributed by atoms with Gasteiger partial charge in [-0.1, -0.05) is 65.3 Å². The highest BCUT2D eigenvalue weighted by molar-refractivity contribution is 7.98. The van der Waals surface area contributed by atoms with Gasteiger partial charge in [0, 0.05) is 16.2 Å². The lowest BCUT2D eigenvalue weighted by Crippen LogP contribution is -2.32. The van der Waals surface area contributed by atoms with Crippen molar-refractivity contribution in [2.45, 2.75) is 24.2 Å². The molecule has 8 heteroatoms. The van der Waals surface area contributed by atoms with E-state index in [1.54, 1.807) is 12.1 Å². The van der Waals surface area contributed by atoms with Crippen LogP contribution in [0, 0.1) is 12.7 Å². The molecule has 0 unspecified atom stereocenters. The fourth-order valence-corrected chi connectivity index (χ4v) is 5.07. The van der Waals surface area contributed by atoms with Crippen LogP contribution in [-0.4, -0.2) is 21.0 Å². The molecule has 1 aromatic heterocycles. The second-order valence-corrected chi connectivity index (χ2v) is 9.53. The molecule has 0 amide bonds. The Balaban J connectivity index is 1.63. The SMILES string of the molecule is CSc1nc2n(n1)[C@@H](c1ccc(F)cc1)C1=C(N2)c2cc(Cl)ccc2O[C@@H]1c1ccc(C)cc1. The predicted molar refractivity (Wildman–Crippen MR) is 133 cm³/mol. The van der Waals surface area contributed by atoms with Crippen LogP contribution < -0.4 is 10.1 Å². The molecule has 0 spiro atoms. The molecule has 6 rings (SSSR count). The lowest BCUT2D eigenvalue weighted by Gasteiger charge is -2.39. The van der Waals surface area contributed by atoms with E-state index >= 15 is 0 Å². The number of hydrogen-bond acceptors (Lipinski definition) is 5. The second-order valence-electron chi connectivity index (χ2n) is 8.33. The Hall–Kier alpha value is -3.29. The minimum Gasteiger partial charge on any atom is -0.480 e.